The summed E-state index contributed by atoms with van der Waals surface area (Å²) in [7, 11) is 1.63. The SMILES string of the molecule is COC1COCCC1NC(C)=O. The lowest BCUT2D eigenvalue weighted by Crippen LogP contribution is -2.48. The molecule has 1 saturated heterocycles. The second-order valence-electron chi connectivity index (χ2n) is 2.94. The van der Waals surface area contributed by atoms with Crippen molar-refractivity contribution in [3.63, 3.8) is 0 Å². The van der Waals surface area contributed by atoms with Gasteiger partial charge in [0.2, 0.25) is 5.91 Å². The average molecular weight is 173 g/mol. The molecule has 0 bridgehead atoms. The molecule has 2 atom stereocenters. The lowest BCUT2D eigenvalue weighted by molar-refractivity contribution is -0.123. The fourth-order valence-corrected chi connectivity index (χ4v) is 1.37. The van der Waals surface area contributed by atoms with Crippen LogP contribution >= 0.6 is 0 Å². The van der Waals surface area contributed by atoms with Gasteiger partial charge in [0.1, 0.15) is 6.10 Å². The first-order valence-electron chi connectivity index (χ1n) is 4.11. The van der Waals surface area contributed by atoms with Crippen molar-refractivity contribution in [1.29, 1.82) is 0 Å². The van der Waals surface area contributed by atoms with Crippen molar-refractivity contribution in [2.75, 3.05) is 20.3 Å². The molecule has 12 heavy (non-hydrogen) atoms. The van der Waals surface area contributed by atoms with Crippen LogP contribution in [0.4, 0.5) is 0 Å². The van der Waals surface area contributed by atoms with Crippen molar-refractivity contribution in [3.05, 3.63) is 0 Å². The standard InChI is InChI=1S/C8H15NO3/c1-6(10)9-7-3-4-12-5-8(7)11-2/h7-8H,3-5H2,1-2H3,(H,9,10). The third-order valence-corrected chi connectivity index (χ3v) is 2.00. The van der Waals surface area contributed by atoms with Gasteiger partial charge in [-0.1, -0.05) is 0 Å². The Morgan fingerprint density at radius 1 is 1.67 bits per heavy atom. The maximum atomic E-state index is 10.8. The average Bonchev–Trinajstić information content (AvgIpc) is 2.04. The molecule has 0 aromatic rings. The molecule has 0 aromatic carbocycles. The van der Waals surface area contributed by atoms with E-state index in [1.807, 2.05) is 0 Å². The zero-order valence-corrected chi connectivity index (χ0v) is 7.50. The Morgan fingerprint density at radius 2 is 2.42 bits per heavy atom. The molecule has 0 saturated carbocycles. The van der Waals surface area contributed by atoms with E-state index in [1.165, 1.54) is 6.92 Å². The summed E-state index contributed by atoms with van der Waals surface area (Å²) >= 11 is 0. The molecule has 0 spiro atoms. The number of hydrogen-bond donors (Lipinski definition) is 1. The van der Waals surface area contributed by atoms with Gasteiger partial charge in [-0.15, -0.1) is 0 Å². The van der Waals surface area contributed by atoms with Crippen molar-refractivity contribution in [2.24, 2.45) is 0 Å². The van der Waals surface area contributed by atoms with E-state index in [9.17, 15) is 4.79 Å². The van der Waals surface area contributed by atoms with Crippen LogP contribution in [0, 0.1) is 0 Å². The van der Waals surface area contributed by atoms with Crippen molar-refractivity contribution >= 4 is 5.91 Å². The van der Waals surface area contributed by atoms with Crippen molar-refractivity contribution in [2.45, 2.75) is 25.5 Å². The minimum Gasteiger partial charge on any atom is -0.379 e. The maximum Gasteiger partial charge on any atom is 0.217 e. The Kier molecular flexibility index (Phi) is 3.49. The van der Waals surface area contributed by atoms with Crippen LogP contribution in [0.15, 0.2) is 0 Å². The van der Waals surface area contributed by atoms with Crippen LogP contribution in [0.3, 0.4) is 0 Å². The van der Waals surface area contributed by atoms with Crippen molar-refractivity contribution in [3.8, 4) is 0 Å². The largest absolute Gasteiger partial charge is 0.379 e. The van der Waals surface area contributed by atoms with Crippen LogP contribution < -0.4 is 5.32 Å². The van der Waals surface area contributed by atoms with Gasteiger partial charge in [-0.3, -0.25) is 4.79 Å². The molecule has 1 fully saturated rings. The van der Waals surface area contributed by atoms with E-state index < -0.39 is 0 Å². The van der Waals surface area contributed by atoms with Gasteiger partial charge in [-0.2, -0.15) is 0 Å². The quantitative estimate of drug-likeness (QED) is 0.635. The summed E-state index contributed by atoms with van der Waals surface area (Å²) in [5.41, 5.74) is 0. The molecule has 4 heteroatoms. The summed E-state index contributed by atoms with van der Waals surface area (Å²) < 4.78 is 10.4. The van der Waals surface area contributed by atoms with Crippen molar-refractivity contribution in [1.82, 2.24) is 5.32 Å². The number of rotatable bonds is 2. The molecule has 1 N–H and O–H groups in total. The first kappa shape index (κ1) is 9.48. The molecule has 0 aromatic heterocycles. The Labute approximate surface area is 72.2 Å². The number of carbonyl (C=O) groups is 1. The van der Waals surface area contributed by atoms with Crippen LogP contribution in [-0.2, 0) is 14.3 Å². The lowest BCUT2D eigenvalue weighted by atomic mass is 10.1. The van der Waals surface area contributed by atoms with E-state index in [1.54, 1.807) is 7.11 Å². The summed E-state index contributed by atoms with van der Waals surface area (Å²) in [5, 5.41) is 2.84. The Balaban J connectivity index is 2.41. The second-order valence-corrected chi connectivity index (χ2v) is 2.94. The molecule has 0 aliphatic carbocycles. The third-order valence-electron chi connectivity index (χ3n) is 2.00. The topological polar surface area (TPSA) is 47.6 Å². The summed E-state index contributed by atoms with van der Waals surface area (Å²) in [5.74, 6) is -0.0102. The summed E-state index contributed by atoms with van der Waals surface area (Å²) in [6.07, 6.45) is 0.834. The minimum atomic E-state index is -0.0102. The summed E-state index contributed by atoms with van der Waals surface area (Å²) in [6.45, 7) is 2.79. The van der Waals surface area contributed by atoms with Gasteiger partial charge in [0.15, 0.2) is 0 Å². The number of amides is 1. The monoisotopic (exact) mass is 173 g/mol. The Morgan fingerprint density at radius 3 is 3.00 bits per heavy atom. The molecular weight excluding hydrogens is 158 g/mol. The fourth-order valence-electron chi connectivity index (χ4n) is 1.37. The van der Waals surface area contributed by atoms with Crippen LogP contribution in [-0.4, -0.2) is 38.4 Å². The van der Waals surface area contributed by atoms with Crippen LogP contribution in [0.25, 0.3) is 0 Å². The van der Waals surface area contributed by atoms with Gasteiger partial charge in [-0.25, -0.2) is 0 Å². The van der Waals surface area contributed by atoms with E-state index in [4.69, 9.17) is 9.47 Å². The molecule has 1 rings (SSSR count). The van der Waals surface area contributed by atoms with Crippen LogP contribution in [0.5, 0.6) is 0 Å². The van der Waals surface area contributed by atoms with E-state index in [2.05, 4.69) is 5.32 Å². The first-order chi connectivity index (χ1) is 5.74. The van der Waals surface area contributed by atoms with Gasteiger partial charge in [0.25, 0.3) is 0 Å². The van der Waals surface area contributed by atoms with Gasteiger partial charge in [0.05, 0.1) is 12.6 Å². The normalized spacial score (nSPS) is 29.8. The molecule has 70 valence electrons. The Hall–Kier alpha value is -0.610. The summed E-state index contributed by atoms with van der Waals surface area (Å²) in [4.78, 5) is 10.8. The number of ether oxygens (including phenoxy) is 2. The fraction of sp³-hybridized carbons (Fsp3) is 0.875. The highest BCUT2D eigenvalue weighted by Gasteiger charge is 2.25. The third kappa shape index (κ3) is 2.46. The predicted molar refractivity (Wildman–Crippen MR) is 43.8 cm³/mol. The zero-order valence-electron chi connectivity index (χ0n) is 7.50. The molecule has 2 unspecified atom stereocenters. The molecule has 0 radical (unpaired) electrons. The number of carbonyl (C=O) groups excluding carboxylic acids is 1. The van der Waals surface area contributed by atoms with E-state index in [0.717, 1.165) is 6.42 Å². The van der Waals surface area contributed by atoms with E-state index in [-0.39, 0.29) is 18.1 Å². The predicted octanol–water partition coefficient (Wildman–Crippen LogP) is -0.0736. The molecule has 1 heterocycles. The molecule has 1 amide bonds. The molecule has 4 nitrogen and oxygen atoms in total. The second kappa shape index (κ2) is 4.42. The van der Waals surface area contributed by atoms with E-state index in [0.29, 0.717) is 13.2 Å². The van der Waals surface area contributed by atoms with Gasteiger partial charge >= 0.3 is 0 Å². The Bertz CT molecular complexity index is 160. The molecule has 1 aliphatic heterocycles. The number of hydrogen-bond acceptors (Lipinski definition) is 3. The van der Waals surface area contributed by atoms with Crippen LogP contribution in [0.2, 0.25) is 0 Å². The number of methoxy groups -OCH3 is 1. The van der Waals surface area contributed by atoms with E-state index >= 15 is 0 Å². The smallest absolute Gasteiger partial charge is 0.217 e. The maximum absolute atomic E-state index is 10.8. The highest BCUT2D eigenvalue weighted by molar-refractivity contribution is 5.73. The van der Waals surface area contributed by atoms with Gasteiger partial charge < -0.3 is 14.8 Å². The van der Waals surface area contributed by atoms with Gasteiger partial charge in [0, 0.05) is 20.6 Å². The van der Waals surface area contributed by atoms with Gasteiger partial charge in [-0.05, 0) is 6.42 Å². The zero-order chi connectivity index (χ0) is 8.97. The highest BCUT2D eigenvalue weighted by Crippen LogP contribution is 2.10. The summed E-state index contributed by atoms with van der Waals surface area (Å²) in [6, 6.07) is 0.112. The minimum absolute atomic E-state index is 0.00245. The molecular formula is C8H15NO3. The molecule has 1 aliphatic rings. The van der Waals surface area contributed by atoms with Crippen LogP contribution in [0.1, 0.15) is 13.3 Å². The highest BCUT2D eigenvalue weighted by atomic mass is 16.5. The van der Waals surface area contributed by atoms with Crippen molar-refractivity contribution < 1.29 is 14.3 Å². The number of nitrogens with one attached hydrogen (secondary N) is 1. The first-order valence-corrected chi connectivity index (χ1v) is 4.11. The lowest BCUT2D eigenvalue weighted by Gasteiger charge is -2.30.